The molecule has 7 nitrogen and oxygen atoms in total. The van der Waals surface area contributed by atoms with E-state index in [2.05, 4.69) is 5.32 Å². The first-order valence-electron chi connectivity index (χ1n) is 11.9. The SMILES string of the molecule is CC(C)CNC(=O)c1cc2ccc(OC(=O)/C=C/c3ccc(OCc4ccccc4)cc3)cc2oc1=O. The summed E-state index contributed by atoms with van der Waals surface area (Å²) in [5.41, 5.74) is 1.27. The summed E-state index contributed by atoms with van der Waals surface area (Å²) < 4.78 is 16.4. The highest BCUT2D eigenvalue weighted by Crippen LogP contribution is 2.21. The van der Waals surface area contributed by atoms with Gasteiger partial charge in [0.2, 0.25) is 0 Å². The molecule has 0 bridgehead atoms. The average molecular weight is 498 g/mol. The Morgan fingerprint density at radius 1 is 0.946 bits per heavy atom. The number of nitrogens with one attached hydrogen (secondary N) is 1. The van der Waals surface area contributed by atoms with Crippen LogP contribution in [0.1, 0.15) is 35.3 Å². The second-order valence-corrected chi connectivity index (χ2v) is 8.85. The van der Waals surface area contributed by atoms with Gasteiger partial charge in [0, 0.05) is 24.1 Å². The smallest absolute Gasteiger partial charge is 0.349 e. The molecule has 0 saturated heterocycles. The highest BCUT2D eigenvalue weighted by atomic mass is 16.5. The Labute approximate surface area is 214 Å². The van der Waals surface area contributed by atoms with E-state index in [1.54, 1.807) is 18.2 Å². The molecule has 1 aromatic heterocycles. The molecular formula is C30H27NO6. The van der Waals surface area contributed by atoms with Gasteiger partial charge in [-0.3, -0.25) is 4.79 Å². The number of ether oxygens (including phenoxy) is 2. The predicted octanol–water partition coefficient (Wildman–Crippen LogP) is 5.38. The van der Waals surface area contributed by atoms with Crippen LogP contribution in [0.3, 0.4) is 0 Å². The van der Waals surface area contributed by atoms with Crippen LogP contribution in [0.25, 0.3) is 17.0 Å². The third-order valence-corrected chi connectivity index (χ3v) is 5.38. The number of benzene rings is 3. The molecule has 1 N–H and O–H groups in total. The Kier molecular flexibility index (Phi) is 8.15. The van der Waals surface area contributed by atoms with Crippen LogP contribution in [0.15, 0.2) is 94.2 Å². The summed E-state index contributed by atoms with van der Waals surface area (Å²) in [4.78, 5) is 36.9. The van der Waals surface area contributed by atoms with Gasteiger partial charge in [-0.25, -0.2) is 9.59 Å². The lowest BCUT2D eigenvalue weighted by Gasteiger charge is -2.08. The Morgan fingerprint density at radius 3 is 2.41 bits per heavy atom. The quantitative estimate of drug-likeness (QED) is 0.144. The third-order valence-electron chi connectivity index (χ3n) is 5.38. The van der Waals surface area contributed by atoms with Crippen LogP contribution >= 0.6 is 0 Å². The standard InChI is InChI=1S/C30H27NO6/c1-20(2)18-31-29(33)26-16-23-11-14-25(17-27(23)37-30(26)34)36-28(32)15-10-21-8-12-24(13-9-21)35-19-22-6-4-3-5-7-22/h3-17,20H,18-19H2,1-2H3,(H,31,33)/b15-10+. The number of fused-ring (bicyclic) bond motifs is 1. The first kappa shape index (κ1) is 25.4. The van der Waals surface area contributed by atoms with E-state index in [1.165, 1.54) is 18.2 Å². The van der Waals surface area contributed by atoms with Crippen molar-refractivity contribution in [1.29, 1.82) is 0 Å². The molecule has 37 heavy (non-hydrogen) atoms. The number of amides is 1. The van der Waals surface area contributed by atoms with Crippen molar-refractivity contribution in [2.45, 2.75) is 20.5 Å². The molecule has 4 rings (SSSR count). The number of hydrogen-bond donors (Lipinski definition) is 1. The first-order chi connectivity index (χ1) is 17.9. The summed E-state index contributed by atoms with van der Waals surface area (Å²) in [6, 6.07) is 23.3. The summed E-state index contributed by atoms with van der Waals surface area (Å²) in [5, 5.41) is 3.24. The van der Waals surface area contributed by atoms with Crippen LogP contribution in [-0.4, -0.2) is 18.4 Å². The molecule has 0 aliphatic carbocycles. The van der Waals surface area contributed by atoms with Crippen LogP contribution in [0.4, 0.5) is 0 Å². The maximum absolute atomic E-state index is 12.3. The van der Waals surface area contributed by atoms with Crippen molar-refractivity contribution in [1.82, 2.24) is 5.32 Å². The van der Waals surface area contributed by atoms with Gasteiger partial charge in [0.15, 0.2) is 0 Å². The monoisotopic (exact) mass is 497 g/mol. The summed E-state index contributed by atoms with van der Waals surface area (Å²) in [6.45, 7) is 4.84. The Morgan fingerprint density at radius 2 is 1.68 bits per heavy atom. The van der Waals surface area contributed by atoms with Crippen molar-refractivity contribution in [3.8, 4) is 11.5 Å². The maximum Gasteiger partial charge on any atom is 0.349 e. The van der Waals surface area contributed by atoms with Crippen LogP contribution < -0.4 is 20.4 Å². The van der Waals surface area contributed by atoms with Gasteiger partial charge >= 0.3 is 11.6 Å². The number of rotatable bonds is 9. The van der Waals surface area contributed by atoms with Crippen molar-refractivity contribution in [2.24, 2.45) is 5.92 Å². The number of carbonyl (C=O) groups is 2. The van der Waals surface area contributed by atoms with Crippen LogP contribution in [0.2, 0.25) is 0 Å². The highest BCUT2D eigenvalue weighted by molar-refractivity contribution is 5.97. The third kappa shape index (κ3) is 7.18. The molecule has 0 aliphatic heterocycles. The van der Waals surface area contributed by atoms with Gasteiger partial charge in [0.1, 0.15) is 29.3 Å². The molecule has 4 aromatic rings. The molecule has 1 heterocycles. The first-order valence-corrected chi connectivity index (χ1v) is 11.9. The molecule has 0 saturated carbocycles. The van der Waals surface area contributed by atoms with Gasteiger partial charge in [-0.2, -0.15) is 0 Å². The van der Waals surface area contributed by atoms with Gasteiger partial charge in [-0.1, -0.05) is 56.3 Å². The molecule has 0 unspecified atom stereocenters. The van der Waals surface area contributed by atoms with Crippen molar-refractivity contribution in [3.05, 3.63) is 112 Å². The predicted molar refractivity (Wildman–Crippen MR) is 142 cm³/mol. The van der Waals surface area contributed by atoms with Crippen molar-refractivity contribution < 1.29 is 23.5 Å². The fourth-order valence-corrected chi connectivity index (χ4v) is 3.44. The van der Waals surface area contributed by atoms with E-state index in [4.69, 9.17) is 13.9 Å². The zero-order valence-electron chi connectivity index (χ0n) is 20.6. The van der Waals surface area contributed by atoms with Gasteiger partial charge < -0.3 is 19.2 Å². The summed E-state index contributed by atoms with van der Waals surface area (Å²) in [6.07, 6.45) is 2.94. The largest absolute Gasteiger partial charge is 0.489 e. The fraction of sp³-hybridized carbons (Fsp3) is 0.167. The zero-order valence-corrected chi connectivity index (χ0v) is 20.6. The number of carbonyl (C=O) groups excluding carboxylic acids is 2. The van der Waals surface area contributed by atoms with Crippen LogP contribution in [0.5, 0.6) is 11.5 Å². The maximum atomic E-state index is 12.3. The molecule has 0 fully saturated rings. The average Bonchev–Trinajstić information content (AvgIpc) is 2.90. The minimum absolute atomic E-state index is 0.0719. The van der Waals surface area contributed by atoms with E-state index in [0.717, 1.165) is 16.9 Å². The lowest BCUT2D eigenvalue weighted by atomic mass is 10.1. The zero-order chi connectivity index (χ0) is 26.2. The van der Waals surface area contributed by atoms with E-state index in [9.17, 15) is 14.4 Å². The highest BCUT2D eigenvalue weighted by Gasteiger charge is 2.14. The van der Waals surface area contributed by atoms with Gasteiger partial charge in [0.25, 0.3) is 5.91 Å². The Balaban J connectivity index is 1.36. The molecule has 1 amide bonds. The molecule has 3 aromatic carbocycles. The van der Waals surface area contributed by atoms with Crippen LogP contribution in [-0.2, 0) is 11.4 Å². The molecular weight excluding hydrogens is 470 g/mol. The molecule has 0 aliphatic rings. The lowest BCUT2D eigenvalue weighted by Crippen LogP contribution is -2.31. The van der Waals surface area contributed by atoms with Crippen molar-refractivity contribution >= 4 is 28.9 Å². The summed E-state index contributed by atoms with van der Waals surface area (Å²) >= 11 is 0. The second-order valence-electron chi connectivity index (χ2n) is 8.85. The van der Waals surface area contributed by atoms with Crippen molar-refractivity contribution in [2.75, 3.05) is 6.54 Å². The van der Waals surface area contributed by atoms with E-state index < -0.39 is 17.5 Å². The van der Waals surface area contributed by atoms with Gasteiger partial charge in [0.05, 0.1) is 0 Å². The number of esters is 1. The second kappa shape index (κ2) is 11.9. The van der Waals surface area contributed by atoms with Crippen molar-refractivity contribution in [3.63, 3.8) is 0 Å². The van der Waals surface area contributed by atoms with E-state index in [0.29, 0.717) is 18.5 Å². The van der Waals surface area contributed by atoms with E-state index in [-0.39, 0.29) is 22.8 Å². The minimum atomic E-state index is -0.756. The molecule has 0 spiro atoms. The fourth-order valence-electron chi connectivity index (χ4n) is 3.44. The van der Waals surface area contributed by atoms with Gasteiger partial charge in [-0.05, 0) is 53.5 Å². The number of hydrogen-bond acceptors (Lipinski definition) is 6. The van der Waals surface area contributed by atoms with Crippen LogP contribution in [0, 0.1) is 5.92 Å². The normalized spacial score (nSPS) is 11.1. The lowest BCUT2D eigenvalue weighted by molar-refractivity contribution is -0.128. The Hall–Kier alpha value is -4.65. The molecule has 0 radical (unpaired) electrons. The summed E-state index contributed by atoms with van der Waals surface area (Å²) in [7, 11) is 0. The summed E-state index contributed by atoms with van der Waals surface area (Å²) in [5.74, 6) is 0.117. The molecule has 7 heteroatoms. The van der Waals surface area contributed by atoms with Gasteiger partial charge in [-0.15, -0.1) is 0 Å². The topological polar surface area (TPSA) is 94.8 Å². The van der Waals surface area contributed by atoms with E-state index >= 15 is 0 Å². The molecule has 188 valence electrons. The van der Waals surface area contributed by atoms with E-state index in [1.807, 2.05) is 68.4 Å². The minimum Gasteiger partial charge on any atom is -0.489 e. The molecule has 0 atom stereocenters. The Bertz CT molecular complexity index is 1470.